The van der Waals surface area contributed by atoms with Gasteiger partial charge in [0.2, 0.25) is 0 Å². The van der Waals surface area contributed by atoms with E-state index in [1.807, 2.05) is 31.2 Å². The number of aliphatic hydroxyl groups is 1. The normalized spacial score (nSPS) is 22.8. The molecule has 6 heteroatoms. The molecule has 6 nitrogen and oxygen atoms in total. The molecule has 1 fully saturated rings. The second-order valence-electron chi connectivity index (χ2n) is 8.87. The third kappa shape index (κ3) is 3.13. The number of imidazole rings is 1. The lowest BCUT2D eigenvalue weighted by molar-refractivity contribution is 0.0750. The molecule has 3 aromatic heterocycles. The van der Waals surface area contributed by atoms with Crippen molar-refractivity contribution in [2.24, 2.45) is 5.92 Å². The number of aryl methyl sites for hydroxylation is 1. The number of fused-ring (bicyclic) bond motifs is 4. The average molecular weight is 412 g/mol. The standard InChI is InChI=1S/C25H25N5O/c1-15-3-2-4-21(28-15)23-24(17-5-8-20-22(14-17)27-11-10-26-20)30-12-9-16-13-18(31)6-7-19(16)25(30)29-23/h2-5,8,10-11,14,16,18-19,31H,6-7,9,12-13H2,1H3/t16-,18+,19?/m0/s1. The second-order valence-corrected chi connectivity index (χ2v) is 8.87. The van der Waals surface area contributed by atoms with E-state index in [9.17, 15) is 5.11 Å². The number of aliphatic hydroxyl groups excluding tert-OH is 1. The molecule has 0 radical (unpaired) electrons. The molecule has 0 amide bonds. The Morgan fingerprint density at radius 2 is 1.84 bits per heavy atom. The SMILES string of the molecule is Cc1cccc(-c2nc3n(c2-c2ccc4nccnc4c2)CC[C@H]2C[C@H](O)CCC32)n1. The van der Waals surface area contributed by atoms with Gasteiger partial charge < -0.3 is 9.67 Å². The Morgan fingerprint density at radius 1 is 0.968 bits per heavy atom. The summed E-state index contributed by atoms with van der Waals surface area (Å²) in [5, 5.41) is 10.2. The fourth-order valence-corrected chi connectivity index (χ4v) is 5.43. The quantitative estimate of drug-likeness (QED) is 0.525. The van der Waals surface area contributed by atoms with Crippen molar-refractivity contribution in [2.45, 2.75) is 51.2 Å². The van der Waals surface area contributed by atoms with Crippen molar-refractivity contribution < 1.29 is 5.11 Å². The first-order valence-corrected chi connectivity index (χ1v) is 11.1. The fourth-order valence-electron chi connectivity index (χ4n) is 5.43. The maximum absolute atomic E-state index is 10.2. The highest BCUT2D eigenvalue weighted by Crippen LogP contribution is 2.46. The minimum Gasteiger partial charge on any atom is -0.393 e. The third-order valence-electron chi connectivity index (χ3n) is 6.88. The number of pyridine rings is 1. The Morgan fingerprint density at radius 3 is 2.71 bits per heavy atom. The summed E-state index contributed by atoms with van der Waals surface area (Å²) in [6.45, 7) is 2.93. The van der Waals surface area contributed by atoms with E-state index in [-0.39, 0.29) is 6.10 Å². The summed E-state index contributed by atoms with van der Waals surface area (Å²) < 4.78 is 2.40. The third-order valence-corrected chi connectivity index (χ3v) is 6.88. The average Bonchev–Trinajstić information content (AvgIpc) is 3.18. The number of hydrogen-bond donors (Lipinski definition) is 1. The van der Waals surface area contributed by atoms with Gasteiger partial charge >= 0.3 is 0 Å². The van der Waals surface area contributed by atoms with E-state index < -0.39 is 0 Å². The number of hydrogen-bond acceptors (Lipinski definition) is 5. The number of rotatable bonds is 2. The van der Waals surface area contributed by atoms with Crippen LogP contribution in [0.1, 0.15) is 43.1 Å². The molecule has 2 aliphatic rings. The molecule has 1 aromatic carbocycles. The zero-order valence-electron chi connectivity index (χ0n) is 17.6. The lowest BCUT2D eigenvalue weighted by Gasteiger charge is -2.38. The molecule has 4 aromatic rings. The molecule has 0 saturated heterocycles. The van der Waals surface area contributed by atoms with Crippen LogP contribution in [0.2, 0.25) is 0 Å². The zero-order chi connectivity index (χ0) is 20.9. The van der Waals surface area contributed by atoms with Gasteiger partial charge in [-0.25, -0.2) is 4.98 Å². The van der Waals surface area contributed by atoms with Crippen LogP contribution < -0.4 is 0 Å². The van der Waals surface area contributed by atoms with Crippen molar-refractivity contribution in [1.29, 1.82) is 0 Å². The Labute approximate surface area is 181 Å². The van der Waals surface area contributed by atoms with Gasteiger partial charge in [0.1, 0.15) is 11.5 Å². The molecule has 31 heavy (non-hydrogen) atoms. The van der Waals surface area contributed by atoms with E-state index in [1.54, 1.807) is 12.4 Å². The van der Waals surface area contributed by atoms with E-state index >= 15 is 0 Å². The maximum atomic E-state index is 10.2. The maximum Gasteiger partial charge on any atom is 0.115 e. The van der Waals surface area contributed by atoms with Gasteiger partial charge in [-0.2, -0.15) is 0 Å². The first-order valence-electron chi connectivity index (χ1n) is 11.1. The molecule has 6 rings (SSSR count). The van der Waals surface area contributed by atoms with E-state index in [4.69, 9.17) is 9.97 Å². The van der Waals surface area contributed by atoms with Crippen LogP contribution in [0.4, 0.5) is 0 Å². The van der Waals surface area contributed by atoms with Crippen LogP contribution in [-0.2, 0) is 6.54 Å². The highest BCUT2D eigenvalue weighted by molar-refractivity contribution is 5.85. The smallest absolute Gasteiger partial charge is 0.115 e. The minimum atomic E-state index is -0.167. The molecule has 0 bridgehead atoms. The molecule has 156 valence electrons. The van der Waals surface area contributed by atoms with Gasteiger partial charge in [0.25, 0.3) is 0 Å². The number of benzene rings is 1. The molecule has 4 heterocycles. The molecule has 0 spiro atoms. The number of aromatic nitrogens is 5. The highest BCUT2D eigenvalue weighted by atomic mass is 16.3. The number of nitrogens with zero attached hydrogens (tertiary/aromatic N) is 5. The van der Waals surface area contributed by atoms with Crippen molar-refractivity contribution in [3.8, 4) is 22.6 Å². The topological polar surface area (TPSA) is 76.7 Å². The van der Waals surface area contributed by atoms with E-state index in [0.29, 0.717) is 11.8 Å². The molecule has 1 aliphatic carbocycles. The van der Waals surface area contributed by atoms with Gasteiger partial charge in [-0.15, -0.1) is 0 Å². The Hall–Kier alpha value is -3.12. The Kier molecular flexibility index (Phi) is 4.35. The molecule has 1 unspecified atom stereocenters. The van der Waals surface area contributed by atoms with Crippen LogP contribution in [0.5, 0.6) is 0 Å². The predicted octanol–water partition coefficient (Wildman–Crippen LogP) is 4.51. The Bertz CT molecular complexity index is 1280. The van der Waals surface area contributed by atoms with E-state index in [0.717, 1.165) is 77.4 Å². The Balaban J connectivity index is 1.57. The van der Waals surface area contributed by atoms with Gasteiger partial charge in [0, 0.05) is 36.1 Å². The van der Waals surface area contributed by atoms with Crippen molar-refractivity contribution in [2.75, 3.05) is 0 Å². The van der Waals surface area contributed by atoms with Crippen molar-refractivity contribution in [3.63, 3.8) is 0 Å². The second kappa shape index (κ2) is 7.24. The fraction of sp³-hybridized carbons (Fsp3) is 0.360. The first kappa shape index (κ1) is 18.6. The van der Waals surface area contributed by atoms with Crippen LogP contribution in [-0.4, -0.2) is 35.7 Å². The lowest BCUT2D eigenvalue weighted by Crippen LogP contribution is -2.32. The lowest BCUT2D eigenvalue weighted by atomic mass is 9.74. The van der Waals surface area contributed by atoms with Gasteiger partial charge in [0.05, 0.1) is 28.5 Å². The van der Waals surface area contributed by atoms with Gasteiger partial charge in [0.15, 0.2) is 0 Å². The van der Waals surface area contributed by atoms with Crippen molar-refractivity contribution >= 4 is 11.0 Å². The first-order chi connectivity index (χ1) is 15.2. The summed E-state index contributed by atoms with van der Waals surface area (Å²) in [5.74, 6) is 2.05. The van der Waals surface area contributed by atoms with E-state index in [1.165, 1.54) is 0 Å². The van der Waals surface area contributed by atoms with Crippen LogP contribution in [0.15, 0.2) is 48.8 Å². The van der Waals surface area contributed by atoms with Gasteiger partial charge in [-0.05, 0) is 62.8 Å². The van der Waals surface area contributed by atoms with Crippen LogP contribution >= 0.6 is 0 Å². The highest BCUT2D eigenvalue weighted by Gasteiger charge is 2.38. The summed E-state index contributed by atoms with van der Waals surface area (Å²) in [6, 6.07) is 12.4. The minimum absolute atomic E-state index is 0.167. The van der Waals surface area contributed by atoms with Crippen LogP contribution in [0.25, 0.3) is 33.7 Å². The van der Waals surface area contributed by atoms with Crippen molar-refractivity contribution in [1.82, 2.24) is 24.5 Å². The summed E-state index contributed by atoms with van der Waals surface area (Å²) in [5.41, 5.74) is 6.81. The summed E-state index contributed by atoms with van der Waals surface area (Å²) in [6.07, 6.45) is 7.10. The summed E-state index contributed by atoms with van der Waals surface area (Å²) in [4.78, 5) is 19.0. The van der Waals surface area contributed by atoms with Gasteiger partial charge in [-0.3, -0.25) is 15.0 Å². The molecular weight excluding hydrogens is 386 g/mol. The van der Waals surface area contributed by atoms with Crippen molar-refractivity contribution in [3.05, 3.63) is 60.3 Å². The molecule has 1 aliphatic heterocycles. The molecule has 3 atom stereocenters. The molecular formula is C25H25N5O. The molecule has 1 N–H and O–H groups in total. The van der Waals surface area contributed by atoms with Crippen LogP contribution in [0.3, 0.4) is 0 Å². The van der Waals surface area contributed by atoms with E-state index in [2.05, 4.69) is 26.7 Å². The molecule has 1 saturated carbocycles. The van der Waals surface area contributed by atoms with Gasteiger partial charge in [-0.1, -0.05) is 12.1 Å². The predicted molar refractivity (Wildman–Crippen MR) is 119 cm³/mol. The summed E-state index contributed by atoms with van der Waals surface area (Å²) in [7, 11) is 0. The largest absolute Gasteiger partial charge is 0.393 e. The van der Waals surface area contributed by atoms with Crippen LogP contribution in [0, 0.1) is 12.8 Å². The zero-order valence-corrected chi connectivity index (χ0v) is 17.6. The monoisotopic (exact) mass is 411 g/mol. The summed E-state index contributed by atoms with van der Waals surface area (Å²) >= 11 is 0.